The molecule has 2 fully saturated rings. The number of phenolic OH excluding ortho intramolecular Hbond substituents is 1. The number of carbonyl (C=O) groups excluding carboxylic acids is 4. The summed E-state index contributed by atoms with van der Waals surface area (Å²) in [6.07, 6.45) is -0.701. The van der Waals surface area contributed by atoms with Gasteiger partial charge in [0.15, 0.2) is 0 Å². The average Bonchev–Trinajstić information content (AvgIpc) is 3.68. The van der Waals surface area contributed by atoms with Gasteiger partial charge in [0.2, 0.25) is 11.8 Å². The number of nitrogens with two attached hydrogens (primary N) is 1. The molecular formula is C46H40N4O7. The Bertz CT molecular complexity index is 2400. The molecule has 0 aliphatic carbocycles. The maximum absolute atomic E-state index is 15.9. The normalized spacial score (nSPS) is 24.2. The first-order valence-corrected chi connectivity index (χ1v) is 18.8. The number of aliphatic hydroxyl groups excluding tert-OH is 1. The molecule has 0 radical (unpaired) electrons. The summed E-state index contributed by atoms with van der Waals surface area (Å²) >= 11 is 0. The molecule has 3 aliphatic rings. The number of benzene rings is 5. The van der Waals surface area contributed by atoms with Gasteiger partial charge < -0.3 is 26.0 Å². The van der Waals surface area contributed by atoms with Gasteiger partial charge in [0, 0.05) is 12.0 Å². The summed E-state index contributed by atoms with van der Waals surface area (Å²) in [5.41, 5.74) is 8.06. The van der Waals surface area contributed by atoms with Crippen molar-refractivity contribution in [3.8, 4) is 17.6 Å². The van der Waals surface area contributed by atoms with Crippen LogP contribution in [-0.4, -0.2) is 51.6 Å². The minimum atomic E-state index is -2.00. The first-order valence-electron chi connectivity index (χ1n) is 18.8. The molecule has 0 saturated carbocycles. The number of hydrogen-bond donors (Lipinski definition) is 4. The van der Waals surface area contributed by atoms with Crippen LogP contribution in [0.1, 0.15) is 71.0 Å². The van der Waals surface area contributed by atoms with E-state index in [1.165, 1.54) is 12.1 Å². The Kier molecular flexibility index (Phi) is 9.83. The molecule has 8 rings (SSSR count). The van der Waals surface area contributed by atoms with Crippen LogP contribution in [0.4, 0.5) is 10.5 Å². The first-order chi connectivity index (χ1) is 27.7. The number of anilines is 1. The number of esters is 1. The number of aliphatic hydroxyl groups is 1. The SMILES string of the molecule is CC(NC(=O)N1C(=O)C2(c3cc(C#CCCO)ccc31)C(C(N)=O)C1C(=O)OC(c3ccccc3)C(c3ccccc3)N1C2c1ccc(O)cc1)c1ccccc1. The Balaban J connectivity index is 1.41. The Labute approximate surface area is 329 Å². The van der Waals surface area contributed by atoms with Crippen LogP contribution in [0, 0.1) is 17.8 Å². The highest BCUT2D eigenvalue weighted by Crippen LogP contribution is 2.65. The number of urea groups is 1. The van der Waals surface area contributed by atoms with Crippen LogP contribution < -0.4 is 16.0 Å². The van der Waals surface area contributed by atoms with Crippen molar-refractivity contribution < 1.29 is 34.1 Å². The number of ether oxygens (including phenoxy) is 1. The number of amides is 4. The number of primary amides is 1. The van der Waals surface area contributed by atoms with E-state index in [1.54, 1.807) is 37.3 Å². The summed E-state index contributed by atoms with van der Waals surface area (Å²) in [4.78, 5) is 62.4. The van der Waals surface area contributed by atoms with Crippen LogP contribution in [0.25, 0.3) is 0 Å². The van der Waals surface area contributed by atoms with E-state index in [1.807, 2.05) is 95.9 Å². The Morgan fingerprint density at radius 3 is 2.11 bits per heavy atom. The highest BCUT2D eigenvalue weighted by atomic mass is 16.6. The van der Waals surface area contributed by atoms with Crippen LogP contribution in [0.15, 0.2) is 133 Å². The number of nitrogens with zero attached hydrogens (tertiary/aromatic N) is 2. The topological polar surface area (TPSA) is 162 Å². The predicted octanol–water partition coefficient (Wildman–Crippen LogP) is 5.75. The molecule has 1 spiro atoms. The summed E-state index contributed by atoms with van der Waals surface area (Å²) in [5.74, 6) is 1.91. The standard InChI is InChI=1S/C46H40N4O7/c1-28(30-14-5-2-6-15-30)48-45(56)49-36-25-20-29(13-11-12-26-51)27-35(36)46(44(49)55)37(42(47)53)39-43(54)57-40(32-18-9-4-10-19-32)38(31-16-7-3-8-17-31)50(39)41(46)33-21-23-34(52)24-22-33/h2-10,14-25,27-28,37-41,51-52H,12,26H2,1H3,(H2,47,53)(H,48,56). The van der Waals surface area contributed by atoms with Gasteiger partial charge in [0.05, 0.1) is 36.3 Å². The fourth-order valence-electron chi connectivity index (χ4n) is 8.97. The molecule has 4 amide bonds. The minimum Gasteiger partial charge on any atom is -0.508 e. The molecular weight excluding hydrogens is 721 g/mol. The Hall–Kier alpha value is -6.74. The molecule has 5 aromatic carbocycles. The second kappa shape index (κ2) is 15.1. The number of nitrogens with one attached hydrogen (secondary N) is 1. The van der Waals surface area contributed by atoms with Crippen molar-refractivity contribution >= 4 is 29.5 Å². The number of rotatable bonds is 7. The van der Waals surface area contributed by atoms with Crippen molar-refractivity contribution in [1.29, 1.82) is 0 Å². The van der Waals surface area contributed by atoms with Gasteiger partial charge in [-0.15, -0.1) is 0 Å². The van der Waals surface area contributed by atoms with E-state index >= 15 is 4.79 Å². The summed E-state index contributed by atoms with van der Waals surface area (Å²) in [6.45, 7) is 1.64. The number of fused-ring (bicyclic) bond motifs is 3. The van der Waals surface area contributed by atoms with Crippen LogP contribution in [0.3, 0.4) is 0 Å². The number of phenols is 1. The van der Waals surface area contributed by atoms with Gasteiger partial charge >= 0.3 is 12.0 Å². The van der Waals surface area contributed by atoms with Crippen molar-refractivity contribution in [2.75, 3.05) is 11.5 Å². The molecule has 5 aromatic rings. The van der Waals surface area contributed by atoms with E-state index in [9.17, 15) is 24.6 Å². The van der Waals surface area contributed by atoms with Gasteiger partial charge in [-0.1, -0.05) is 115 Å². The zero-order valence-electron chi connectivity index (χ0n) is 31.0. The van der Waals surface area contributed by atoms with Crippen LogP contribution in [0.5, 0.6) is 5.75 Å². The number of imide groups is 1. The smallest absolute Gasteiger partial charge is 0.329 e. The number of morpholine rings is 1. The van der Waals surface area contributed by atoms with Crippen LogP contribution in [-0.2, 0) is 24.5 Å². The fourth-order valence-corrected chi connectivity index (χ4v) is 8.97. The third-order valence-electron chi connectivity index (χ3n) is 11.3. The van der Waals surface area contributed by atoms with E-state index in [0.717, 1.165) is 16.0 Å². The zero-order chi connectivity index (χ0) is 39.8. The van der Waals surface area contributed by atoms with Crippen molar-refractivity contribution in [3.05, 3.63) is 167 Å². The molecule has 0 aromatic heterocycles. The minimum absolute atomic E-state index is 0.0379. The van der Waals surface area contributed by atoms with E-state index in [4.69, 9.17) is 10.5 Å². The van der Waals surface area contributed by atoms with Crippen LogP contribution >= 0.6 is 0 Å². The lowest BCUT2D eigenvalue weighted by molar-refractivity contribution is -0.178. The lowest BCUT2D eigenvalue weighted by Gasteiger charge is -2.46. The average molecular weight is 761 g/mol. The molecule has 2 saturated heterocycles. The van der Waals surface area contributed by atoms with Gasteiger partial charge in [-0.25, -0.2) is 9.69 Å². The largest absolute Gasteiger partial charge is 0.508 e. The Morgan fingerprint density at radius 2 is 1.47 bits per heavy atom. The summed E-state index contributed by atoms with van der Waals surface area (Å²) in [5, 5.41) is 23.0. The van der Waals surface area contributed by atoms with Crippen molar-refractivity contribution in [1.82, 2.24) is 10.2 Å². The maximum Gasteiger partial charge on any atom is 0.329 e. The summed E-state index contributed by atoms with van der Waals surface area (Å²) in [6, 6.07) is 34.6. The zero-order valence-corrected chi connectivity index (χ0v) is 31.0. The van der Waals surface area contributed by atoms with Gasteiger partial charge in [-0.05, 0) is 65.1 Å². The monoisotopic (exact) mass is 760 g/mol. The maximum atomic E-state index is 15.9. The van der Waals surface area contributed by atoms with Crippen LogP contribution in [0.2, 0.25) is 0 Å². The van der Waals surface area contributed by atoms with E-state index < -0.39 is 65.4 Å². The van der Waals surface area contributed by atoms with Gasteiger partial charge in [-0.3, -0.25) is 19.3 Å². The lowest BCUT2D eigenvalue weighted by Crippen LogP contribution is -2.55. The molecule has 7 unspecified atom stereocenters. The van der Waals surface area contributed by atoms with Gasteiger partial charge in [-0.2, -0.15) is 0 Å². The van der Waals surface area contributed by atoms with Gasteiger partial charge in [0.1, 0.15) is 23.3 Å². The summed E-state index contributed by atoms with van der Waals surface area (Å²) < 4.78 is 6.35. The first kappa shape index (κ1) is 37.2. The predicted molar refractivity (Wildman–Crippen MR) is 211 cm³/mol. The van der Waals surface area contributed by atoms with Crippen molar-refractivity contribution in [2.45, 2.75) is 49.0 Å². The number of hydrogen-bond acceptors (Lipinski definition) is 8. The molecule has 7 atom stereocenters. The molecule has 5 N–H and O–H groups in total. The number of cyclic esters (lactones) is 1. The number of carbonyl (C=O) groups is 4. The van der Waals surface area contributed by atoms with Crippen molar-refractivity contribution in [3.63, 3.8) is 0 Å². The van der Waals surface area contributed by atoms with Gasteiger partial charge in [0.25, 0.3) is 0 Å². The number of aromatic hydroxyl groups is 1. The van der Waals surface area contributed by atoms with E-state index in [-0.39, 0.29) is 30.0 Å². The highest BCUT2D eigenvalue weighted by molar-refractivity contribution is 6.24. The van der Waals surface area contributed by atoms with Crippen molar-refractivity contribution in [2.24, 2.45) is 11.7 Å². The lowest BCUT2D eigenvalue weighted by atomic mass is 9.65. The Morgan fingerprint density at radius 1 is 0.842 bits per heavy atom. The molecule has 3 heterocycles. The molecule has 286 valence electrons. The second-order valence-electron chi connectivity index (χ2n) is 14.5. The van der Waals surface area contributed by atoms with E-state index in [2.05, 4.69) is 17.2 Å². The molecule has 0 bridgehead atoms. The second-order valence-corrected chi connectivity index (χ2v) is 14.5. The third-order valence-corrected chi connectivity index (χ3v) is 11.3. The quantitative estimate of drug-likeness (QED) is 0.121. The highest BCUT2D eigenvalue weighted by Gasteiger charge is 2.75. The van der Waals surface area contributed by atoms with E-state index in [0.29, 0.717) is 16.7 Å². The molecule has 3 aliphatic heterocycles. The summed E-state index contributed by atoms with van der Waals surface area (Å²) in [7, 11) is 0. The molecule has 57 heavy (non-hydrogen) atoms. The fraction of sp³-hybridized carbons (Fsp3) is 0.217. The third kappa shape index (κ3) is 6.20. The molecule has 11 heteroatoms. The molecule has 11 nitrogen and oxygen atoms in total.